The summed E-state index contributed by atoms with van der Waals surface area (Å²) in [5.74, 6) is 0.582. The van der Waals surface area contributed by atoms with Crippen LogP contribution in [0.15, 0.2) is 36.4 Å². The number of amides is 1. The fraction of sp³-hybridized carbons (Fsp3) is 0.500. The molecule has 13 heteroatoms. The zero-order valence-corrected chi connectivity index (χ0v) is 22.0. The van der Waals surface area contributed by atoms with Crippen molar-refractivity contribution < 1.29 is 18.3 Å². The fourth-order valence-electron chi connectivity index (χ4n) is 5.38. The van der Waals surface area contributed by atoms with Gasteiger partial charge < -0.3 is 24.3 Å². The van der Waals surface area contributed by atoms with E-state index < -0.39 is 12.2 Å². The average molecular weight is 540 g/mol. The van der Waals surface area contributed by atoms with Crippen molar-refractivity contribution in [1.82, 2.24) is 34.3 Å². The second kappa shape index (κ2) is 10.1. The summed E-state index contributed by atoms with van der Waals surface area (Å²) in [7, 11) is 3.91. The molecule has 11 nitrogen and oxygen atoms in total. The van der Waals surface area contributed by atoms with E-state index in [9.17, 15) is 13.6 Å². The molecule has 2 aromatic heterocycles. The predicted octanol–water partition coefficient (Wildman–Crippen LogP) is 1.75. The molecule has 0 unspecified atom stereocenters. The van der Waals surface area contributed by atoms with Crippen molar-refractivity contribution in [2.24, 2.45) is 5.41 Å². The van der Waals surface area contributed by atoms with Gasteiger partial charge in [0.05, 0.1) is 24.2 Å². The number of morpholine rings is 1. The highest BCUT2D eigenvalue weighted by atomic mass is 19.3. The first-order chi connectivity index (χ1) is 18.8. The summed E-state index contributed by atoms with van der Waals surface area (Å²) in [5.41, 5.74) is 0.949. The number of anilines is 2. The maximum atomic E-state index is 14.1. The number of benzene rings is 1. The fourth-order valence-corrected chi connectivity index (χ4v) is 5.38. The summed E-state index contributed by atoms with van der Waals surface area (Å²) in [6, 6.07) is 6.97. The van der Waals surface area contributed by atoms with E-state index in [-0.39, 0.29) is 17.3 Å². The summed E-state index contributed by atoms with van der Waals surface area (Å²) >= 11 is 0. The van der Waals surface area contributed by atoms with Crippen molar-refractivity contribution in [2.45, 2.75) is 6.43 Å². The number of hydrogen-bond acceptors (Lipinski definition) is 9. The molecule has 5 heterocycles. The highest BCUT2D eigenvalue weighted by Crippen LogP contribution is 2.41. The van der Waals surface area contributed by atoms with E-state index in [1.165, 1.54) is 4.57 Å². The van der Waals surface area contributed by atoms with Crippen LogP contribution in [0.1, 0.15) is 12.2 Å². The van der Waals surface area contributed by atoms with Crippen LogP contribution >= 0.6 is 0 Å². The first-order valence-electron chi connectivity index (χ1n) is 13.0. The quantitative estimate of drug-likeness (QED) is 0.416. The maximum Gasteiger partial charge on any atom is 0.296 e. The van der Waals surface area contributed by atoms with Crippen LogP contribution in [-0.2, 0) is 9.53 Å². The number of rotatable bonds is 7. The van der Waals surface area contributed by atoms with E-state index in [1.807, 2.05) is 39.8 Å². The lowest BCUT2D eigenvalue weighted by molar-refractivity contribution is -0.139. The van der Waals surface area contributed by atoms with E-state index in [0.717, 1.165) is 0 Å². The van der Waals surface area contributed by atoms with Crippen LogP contribution in [0.5, 0.6) is 0 Å². The number of hydrogen-bond donors (Lipinski definition) is 0. The third kappa shape index (κ3) is 4.91. The second-order valence-electron chi connectivity index (χ2n) is 10.6. The van der Waals surface area contributed by atoms with Crippen molar-refractivity contribution in [2.75, 3.05) is 82.9 Å². The predicted molar refractivity (Wildman–Crippen MR) is 141 cm³/mol. The molecule has 0 aliphatic carbocycles. The number of fused-ring (bicyclic) bond motifs is 1. The SMILES string of the molecule is CN(C)CC=CC(=O)N1CC2(C1)CN(c1nc(N3CCOCC3)nc(-n3c(C(F)F)nc4ccccc43)n1)C2. The molecule has 0 radical (unpaired) electrons. The Morgan fingerprint density at radius 3 is 2.36 bits per heavy atom. The molecule has 0 N–H and O–H groups in total. The van der Waals surface area contributed by atoms with Gasteiger partial charge in [0.15, 0.2) is 5.82 Å². The lowest BCUT2D eigenvalue weighted by atomic mass is 9.73. The lowest BCUT2D eigenvalue weighted by Crippen LogP contribution is -2.73. The monoisotopic (exact) mass is 539 g/mol. The van der Waals surface area contributed by atoms with E-state index in [2.05, 4.69) is 15.0 Å². The minimum Gasteiger partial charge on any atom is -0.378 e. The van der Waals surface area contributed by atoms with Gasteiger partial charge in [-0.1, -0.05) is 18.2 Å². The molecule has 1 aromatic carbocycles. The molecule has 0 saturated carbocycles. The molecule has 206 valence electrons. The number of halogens is 2. The first-order valence-corrected chi connectivity index (χ1v) is 13.0. The number of para-hydroxylation sites is 2. The van der Waals surface area contributed by atoms with Crippen LogP contribution in [0.2, 0.25) is 0 Å². The van der Waals surface area contributed by atoms with Gasteiger partial charge in [-0.15, -0.1) is 0 Å². The molecule has 3 aliphatic rings. The number of ether oxygens (including phenoxy) is 1. The van der Waals surface area contributed by atoms with Gasteiger partial charge in [-0.25, -0.2) is 13.8 Å². The van der Waals surface area contributed by atoms with Gasteiger partial charge in [0.25, 0.3) is 6.43 Å². The second-order valence-corrected chi connectivity index (χ2v) is 10.6. The molecule has 3 fully saturated rings. The van der Waals surface area contributed by atoms with Crippen LogP contribution < -0.4 is 9.80 Å². The van der Waals surface area contributed by atoms with Crippen molar-refractivity contribution in [3.05, 3.63) is 42.2 Å². The molecule has 1 spiro atoms. The van der Waals surface area contributed by atoms with E-state index in [0.29, 0.717) is 82.0 Å². The Morgan fingerprint density at radius 1 is 1.00 bits per heavy atom. The molecule has 39 heavy (non-hydrogen) atoms. The highest BCUT2D eigenvalue weighted by molar-refractivity contribution is 5.88. The number of likely N-dealkylation sites (tertiary alicyclic amines) is 1. The van der Waals surface area contributed by atoms with Crippen LogP contribution in [-0.4, -0.2) is 113 Å². The van der Waals surface area contributed by atoms with Crippen LogP contribution in [0.4, 0.5) is 20.7 Å². The number of alkyl halides is 2. The van der Waals surface area contributed by atoms with Gasteiger partial charge in [-0.3, -0.25) is 9.36 Å². The highest BCUT2D eigenvalue weighted by Gasteiger charge is 2.53. The number of nitrogens with zero attached hydrogens (tertiary/aromatic N) is 9. The Labute approximate surface area is 224 Å². The number of imidazole rings is 1. The van der Waals surface area contributed by atoms with Gasteiger partial charge >= 0.3 is 0 Å². The van der Waals surface area contributed by atoms with Gasteiger partial charge in [0.1, 0.15) is 0 Å². The number of likely N-dealkylation sites (N-methyl/N-ethyl adjacent to an activating group) is 1. The Morgan fingerprint density at radius 2 is 1.67 bits per heavy atom. The summed E-state index contributed by atoms with van der Waals surface area (Å²) in [4.78, 5) is 38.5. The van der Waals surface area contributed by atoms with Gasteiger partial charge in [0, 0.05) is 57.3 Å². The molecule has 6 rings (SSSR count). The van der Waals surface area contributed by atoms with Crippen LogP contribution in [0.25, 0.3) is 17.0 Å². The average Bonchev–Trinajstić information content (AvgIpc) is 3.27. The largest absolute Gasteiger partial charge is 0.378 e. The summed E-state index contributed by atoms with van der Waals surface area (Å²) in [6.45, 7) is 5.67. The number of carbonyl (C=O) groups is 1. The Kier molecular flexibility index (Phi) is 6.63. The van der Waals surface area contributed by atoms with Crippen molar-refractivity contribution >= 4 is 28.8 Å². The molecular formula is C26H31F2N9O2. The van der Waals surface area contributed by atoms with E-state index in [4.69, 9.17) is 9.72 Å². The molecule has 3 aliphatic heterocycles. The standard InChI is InChI=1S/C26H31F2N9O2/c1-33(2)9-5-8-20(38)35-14-26(15-35)16-36(17-26)24-30-23(34-10-12-39-13-11-34)31-25(32-24)37-19-7-4-3-6-18(19)29-22(37)21(27)28/h3-8,21H,9-17H2,1-2H3. The van der Waals surface area contributed by atoms with Gasteiger partial charge in [-0.2, -0.15) is 15.0 Å². The van der Waals surface area contributed by atoms with E-state index >= 15 is 0 Å². The smallest absolute Gasteiger partial charge is 0.296 e. The lowest BCUT2D eigenvalue weighted by Gasteiger charge is -2.59. The molecular weight excluding hydrogens is 508 g/mol. The van der Waals surface area contributed by atoms with Crippen molar-refractivity contribution in [1.29, 1.82) is 0 Å². The van der Waals surface area contributed by atoms with E-state index in [1.54, 1.807) is 30.3 Å². The summed E-state index contributed by atoms with van der Waals surface area (Å²) in [6.07, 6.45) is 0.696. The molecule has 0 atom stereocenters. The third-order valence-electron chi connectivity index (χ3n) is 7.31. The zero-order chi connectivity index (χ0) is 27.1. The topological polar surface area (TPSA) is 95.8 Å². The summed E-state index contributed by atoms with van der Waals surface area (Å²) < 4.78 is 35.0. The Balaban J connectivity index is 1.26. The minimum atomic E-state index is -2.80. The van der Waals surface area contributed by atoms with Crippen LogP contribution in [0, 0.1) is 5.41 Å². The number of aromatic nitrogens is 5. The maximum absolute atomic E-state index is 14.1. The molecule has 0 bridgehead atoms. The van der Waals surface area contributed by atoms with Gasteiger partial charge in [-0.05, 0) is 26.2 Å². The van der Waals surface area contributed by atoms with Crippen molar-refractivity contribution in [3.63, 3.8) is 0 Å². The zero-order valence-electron chi connectivity index (χ0n) is 22.0. The molecule has 3 saturated heterocycles. The third-order valence-corrected chi connectivity index (χ3v) is 7.31. The molecule has 1 amide bonds. The van der Waals surface area contributed by atoms with Crippen LogP contribution in [0.3, 0.4) is 0 Å². The molecule has 3 aromatic rings. The number of carbonyl (C=O) groups excluding carboxylic acids is 1. The van der Waals surface area contributed by atoms with Gasteiger partial charge in [0.2, 0.25) is 23.8 Å². The summed E-state index contributed by atoms with van der Waals surface area (Å²) in [5, 5.41) is 0. The normalized spacial score (nSPS) is 19.0. The Hall–Kier alpha value is -3.71. The minimum absolute atomic E-state index is 0.00714. The Bertz CT molecular complexity index is 1390. The van der Waals surface area contributed by atoms with Crippen molar-refractivity contribution in [3.8, 4) is 5.95 Å². The first kappa shape index (κ1) is 25.6.